The van der Waals surface area contributed by atoms with Gasteiger partial charge >= 0.3 is 0 Å². The number of nitrogens with zero attached hydrogens (tertiary/aromatic N) is 3. The molecule has 0 spiro atoms. The molecule has 6 nitrogen and oxygen atoms in total. The maximum Gasteiger partial charge on any atom is 0.239 e. The fourth-order valence-electron chi connectivity index (χ4n) is 1.36. The fourth-order valence-corrected chi connectivity index (χ4v) is 1.85. The molecule has 1 heterocycles. The van der Waals surface area contributed by atoms with Gasteiger partial charge in [0.15, 0.2) is 0 Å². The van der Waals surface area contributed by atoms with E-state index >= 15 is 0 Å². The Morgan fingerprint density at radius 2 is 2.28 bits per heavy atom. The van der Waals surface area contributed by atoms with E-state index in [0.717, 1.165) is 10.9 Å². The molecule has 0 atom stereocenters. The highest BCUT2D eigenvalue weighted by Crippen LogP contribution is 2.22. The van der Waals surface area contributed by atoms with Gasteiger partial charge in [0.25, 0.3) is 0 Å². The monoisotopic (exact) mass is 315 g/mol. The molecule has 0 fully saturated rings. The van der Waals surface area contributed by atoms with Crippen LogP contribution in [-0.4, -0.2) is 43.1 Å². The summed E-state index contributed by atoms with van der Waals surface area (Å²) in [4.78, 5) is 21.8. The van der Waals surface area contributed by atoms with Crippen molar-refractivity contribution in [2.45, 2.75) is 13.3 Å². The second kappa shape index (κ2) is 7.15. The first kappa shape index (κ1) is 14.7. The Kier molecular flexibility index (Phi) is 5.84. The van der Waals surface area contributed by atoms with Crippen LogP contribution in [0.2, 0.25) is 0 Å². The molecule has 1 aromatic heterocycles. The van der Waals surface area contributed by atoms with Gasteiger partial charge in [-0.05, 0) is 22.4 Å². The van der Waals surface area contributed by atoms with Crippen LogP contribution in [0.4, 0.5) is 11.8 Å². The largest absolute Gasteiger partial charge is 0.357 e. The van der Waals surface area contributed by atoms with Crippen molar-refractivity contribution in [3.05, 3.63) is 10.7 Å². The van der Waals surface area contributed by atoms with Crippen molar-refractivity contribution < 1.29 is 4.79 Å². The van der Waals surface area contributed by atoms with E-state index in [9.17, 15) is 4.79 Å². The fraction of sp³-hybridized carbons (Fsp3) is 0.545. The summed E-state index contributed by atoms with van der Waals surface area (Å²) in [6.07, 6.45) is 2.59. The Bertz CT molecular complexity index is 412. The van der Waals surface area contributed by atoms with Gasteiger partial charge in [0.2, 0.25) is 11.9 Å². The van der Waals surface area contributed by atoms with Crippen LogP contribution in [0.5, 0.6) is 0 Å². The Hall–Kier alpha value is -1.37. The first-order valence-corrected chi connectivity index (χ1v) is 6.56. The summed E-state index contributed by atoms with van der Waals surface area (Å²) in [6.45, 7) is 2.97. The number of hydrogen-bond acceptors (Lipinski definition) is 5. The van der Waals surface area contributed by atoms with Crippen molar-refractivity contribution >= 4 is 33.6 Å². The number of anilines is 2. The van der Waals surface area contributed by atoms with E-state index in [2.05, 4.69) is 36.5 Å². The van der Waals surface area contributed by atoms with Crippen molar-refractivity contribution in [1.29, 1.82) is 0 Å². The zero-order chi connectivity index (χ0) is 13.5. The molecular formula is C11H18BrN5O. The van der Waals surface area contributed by atoms with Crippen molar-refractivity contribution in [2.24, 2.45) is 0 Å². The highest BCUT2D eigenvalue weighted by atomic mass is 79.9. The quantitative estimate of drug-likeness (QED) is 0.826. The third kappa shape index (κ3) is 4.14. The number of likely N-dealkylation sites (N-methyl/N-ethyl adjacent to an activating group) is 1. The van der Waals surface area contributed by atoms with Gasteiger partial charge in [-0.1, -0.05) is 6.92 Å². The lowest BCUT2D eigenvalue weighted by Crippen LogP contribution is -2.36. The number of hydrogen-bond donors (Lipinski definition) is 2. The number of nitrogens with one attached hydrogen (secondary N) is 2. The minimum absolute atomic E-state index is 0.0177. The minimum Gasteiger partial charge on any atom is -0.357 e. The van der Waals surface area contributed by atoms with E-state index in [0.29, 0.717) is 18.3 Å². The van der Waals surface area contributed by atoms with E-state index < -0.39 is 0 Å². The van der Waals surface area contributed by atoms with Crippen LogP contribution < -0.4 is 15.5 Å². The minimum atomic E-state index is -0.0177. The summed E-state index contributed by atoms with van der Waals surface area (Å²) in [6, 6.07) is 0. The molecule has 0 unspecified atom stereocenters. The van der Waals surface area contributed by atoms with Crippen molar-refractivity contribution in [3.63, 3.8) is 0 Å². The van der Waals surface area contributed by atoms with Gasteiger partial charge in [-0.25, -0.2) is 4.98 Å². The summed E-state index contributed by atoms with van der Waals surface area (Å²) in [5, 5.41) is 5.69. The molecule has 1 rings (SSSR count). The maximum absolute atomic E-state index is 11.6. The first-order valence-electron chi connectivity index (χ1n) is 5.76. The molecule has 0 radical (unpaired) electrons. The second-order valence-corrected chi connectivity index (χ2v) is 4.68. The molecule has 0 aliphatic rings. The van der Waals surface area contributed by atoms with Gasteiger partial charge in [0.05, 0.1) is 11.0 Å². The lowest BCUT2D eigenvalue weighted by atomic mass is 10.4. The molecule has 0 aromatic carbocycles. The zero-order valence-electron chi connectivity index (χ0n) is 10.8. The molecule has 100 valence electrons. The standard InChI is InChI=1S/C11H18BrN5O/c1-4-5-14-9(18)7-17(3)10-8(12)6-15-11(13-2)16-10/h6H,4-5,7H2,1-3H3,(H,14,18)(H,13,15,16). The molecule has 18 heavy (non-hydrogen) atoms. The van der Waals surface area contributed by atoms with Gasteiger partial charge in [0, 0.05) is 26.8 Å². The molecule has 2 N–H and O–H groups in total. The number of rotatable bonds is 6. The van der Waals surface area contributed by atoms with Crippen LogP contribution in [0.25, 0.3) is 0 Å². The first-order chi connectivity index (χ1) is 8.58. The third-order valence-electron chi connectivity index (χ3n) is 2.26. The smallest absolute Gasteiger partial charge is 0.239 e. The molecule has 0 aliphatic heterocycles. The molecule has 0 aliphatic carbocycles. The number of halogens is 1. The Labute approximate surface area is 115 Å². The third-order valence-corrected chi connectivity index (χ3v) is 2.82. The number of amides is 1. The average Bonchev–Trinajstić information content (AvgIpc) is 2.36. The van der Waals surface area contributed by atoms with Gasteiger partial charge in [-0.2, -0.15) is 4.98 Å². The average molecular weight is 316 g/mol. The number of aromatic nitrogens is 2. The van der Waals surface area contributed by atoms with Crippen LogP contribution >= 0.6 is 15.9 Å². The van der Waals surface area contributed by atoms with Crippen LogP contribution in [-0.2, 0) is 4.79 Å². The normalized spacial score (nSPS) is 10.0. The highest BCUT2D eigenvalue weighted by molar-refractivity contribution is 9.10. The van der Waals surface area contributed by atoms with Crippen molar-refractivity contribution in [2.75, 3.05) is 37.4 Å². The van der Waals surface area contributed by atoms with E-state index in [1.165, 1.54) is 0 Å². The topological polar surface area (TPSA) is 70.2 Å². The summed E-state index contributed by atoms with van der Waals surface area (Å²) in [5.74, 6) is 1.19. The Balaban J connectivity index is 2.71. The van der Waals surface area contributed by atoms with Gasteiger partial charge < -0.3 is 15.5 Å². The number of carbonyl (C=O) groups excluding carboxylic acids is 1. The zero-order valence-corrected chi connectivity index (χ0v) is 12.4. The van der Waals surface area contributed by atoms with E-state index in [1.807, 2.05) is 14.0 Å². The SMILES string of the molecule is CCCNC(=O)CN(C)c1nc(NC)ncc1Br. The summed E-state index contributed by atoms with van der Waals surface area (Å²) in [5.41, 5.74) is 0. The lowest BCUT2D eigenvalue weighted by Gasteiger charge is -2.19. The molecule has 0 saturated carbocycles. The van der Waals surface area contributed by atoms with Crippen molar-refractivity contribution in [1.82, 2.24) is 15.3 Å². The maximum atomic E-state index is 11.6. The summed E-state index contributed by atoms with van der Waals surface area (Å²) in [7, 11) is 3.57. The van der Waals surface area contributed by atoms with Crippen LogP contribution in [0.15, 0.2) is 10.7 Å². The van der Waals surface area contributed by atoms with E-state index in [4.69, 9.17) is 0 Å². The van der Waals surface area contributed by atoms with Gasteiger partial charge in [-0.15, -0.1) is 0 Å². The second-order valence-electron chi connectivity index (χ2n) is 3.82. The Morgan fingerprint density at radius 1 is 1.56 bits per heavy atom. The number of carbonyl (C=O) groups is 1. The molecule has 1 amide bonds. The van der Waals surface area contributed by atoms with Gasteiger partial charge in [0.1, 0.15) is 5.82 Å². The van der Waals surface area contributed by atoms with E-state index in [-0.39, 0.29) is 12.5 Å². The van der Waals surface area contributed by atoms with Gasteiger partial charge in [-0.3, -0.25) is 4.79 Å². The Morgan fingerprint density at radius 3 is 2.89 bits per heavy atom. The molecular weight excluding hydrogens is 298 g/mol. The lowest BCUT2D eigenvalue weighted by molar-refractivity contribution is -0.119. The predicted octanol–water partition coefficient (Wildman–Crippen LogP) is 1.24. The predicted molar refractivity (Wildman–Crippen MR) is 75.8 cm³/mol. The summed E-state index contributed by atoms with van der Waals surface area (Å²) >= 11 is 3.38. The van der Waals surface area contributed by atoms with Crippen molar-refractivity contribution in [3.8, 4) is 0 Å². The van der Waals surface area contributed by atoms with E-state index in [1.54, 1.807) is 18.1 Å². The highest BCUT2D eigenvalue weighted by Gasteiger charge is 2.12. The summed E-state index contributed by atoms with van der Waals surface area (Å²) < 4.78 is 0.757. The molecule has 0 saturated heterocycles. The van der Waals surface area contributed by atoms with Crippen LogP contribution in [0.1, 0.15) is 13.3 Å². The molecule has 1 aromatic rings. The van der Waals surface area contributed by atoms with Crippen LogP contribution in [0, 0.1) is 0 Å². The molecule has 0 bridgehead atoms. The molecule has 7 heteroatoms. The van der Waals surface area contributed by atoms with Crippen LogP contribution in [0.3, 0.4) is 0 Å².